The second-order valence-corrected chi connectivity index (χ2v) is 4.49. The summed E-state index contributed by atoms with van der Waals surface area (Å²) in [4.78, 5) is 4.77. The van der Waals surface area contributed by atoms with E-state index in [9.17, 15) is 0 Å². The number of piperidine rings is 1. The molecule has 0 aromatic heterocycles. The van der Waals surface area contributed by atoms with Crippen LogP contribution in [0.3, 0.4) is 0 Å². The van der Waals surface area contributed by atoms with E-state index in [-0.39, 0.29) is 0 Å². The minimum Gasteiger partial charge on any atom is -0.496 e. The number of nitrogens with zero attached hydrogens (tertiary/aromatic N) is 1. The molecule has 0 amide bonds. The lowest BCUT2D eigenvalue weighted by Crippen LogP contribution is -2.48. The zero-order chi connectivity index (χ0) is 11.7. The molecule has 2 atom stereocenters. The van der Waals surface area contributed by atoms with Crippen LogP contribution in [0.1, 0.15) is 12.0 Å². The number of ether oxygens (including phenoxy) is 1. The van der Waals surface area contributed by atoms with Crippen molar-refractivity contribution in [1.29, 1.82) is 0 Å². The molecule has 1 aromatic carbocycles. The van der Waals surface area contributed by atoms with Gasteiger partial charge in [-0.05, 0) is 25.1 Å². The molecule has 2 aliphatic rings. The number of amidine groups is 1. The van der Waals surface area contributed by atoms with Crippen LogP contribution in [0.5, 0.6) is 5.75 Å². The standard InChI is InChI=1S/C13H17N3O/c1-17-12-5-3-2-4-9(12)13-15-10-6-7-14-8-11(10)16-13/h2-5,10-11,14H,6-8H2,1H3,(H,15,16). The van der Waals surface area contributed by atoms with Crippen LogP contribution in [0, 0.1) is 0 Å². The fraction of sp³-hybridized carbons (Fsp3) is 0.462. The second-order valence-electron chi connectivity index (χ2n) is 4.49. The summed E-state index contributed by atoms with van der Waals surface area (Å²) in [6, 6.07) is 8.86. The summed E-state index contributed by atoms with van der Waals surface area (Å²) in [5.41, 5.74) is 1.06. The highest BCUT2D eigenvalue weighted by Crippen LogP contribution is 2.23. The van der Waals surface area contributed by atoms with Gasteiger partial charge in [-0.2, -0.15) is 0 Å². The summed E-state index contributed by atoms with van der Waals surface area (Å²) in [5.74, 6) is 1.85. The van der Waals surface area contributed by atoms with Crippen LogP contribution in [0.25, 0.3) is 0 Å². The summed E-state index contributed by atoms with van der Waals surface area (Å²) < 4.78 is 5.37. The van der Waals surface area contributed by atoms with Gasteiger partial charge in [-0.1, -0.05) is 12.1 Å². The van der Waals surface area contributed by atoms with Crippen molar-refractivity contribution in [2.45, 2.75) is 18.5 Å². The SMILES string of the molecule is COc1ccccc1C1=NC2CCNCC2N1. The number of methoxy groups -OCH3 is 1. The number of nitrogens with one attached hydrogen (secondary N) is 2. The van der Waals surface area contributed by atoms with Crippen LogP contribution in [0.15, 0.2) is 29.3 Å². The maximum Gasteiger partial charge on any atom is 0.132 e. The highest BCUT2D eigenvalue weighted by atomic mass is 16.5. The van der Waals surface area contributed by atoms with Gasteiger partial charge in [-0.3, -0.25) is 4.99 Å². The summed E-state index contributed by atoms with van der Waals surface area (Å²) in [6.07, 6.45) is 1.11. The lowest BCUT2D eigenvalue weighted by molar-refractivity contribution is 0.401. The molecule has 0 spiro atoms. The van der Waals surface area contributed by atoms with Gasteiger partial charge in [0.25, 0.3) is 0 Å². The van der Waals surface area contributed by atoms with Crippen LogP contribution in [-0.2, 0) is 0 Å². The van der Waals surface area contributed by atoms with E-state index >= 15 is 0 Å². The van der Waals surface area contributed by atoms with Gasteiger partial charge in [-0.15, -0.1) is 0 Å². The molecule has 17 heavy (non-hydrogen) atoms. The van der Waals surface area contributed by atoms with Crippen LogP contribution in [-0.4, -0.2) is 38.1 Å². The number of hydrogen-bond acceptors (Lipinski definition) is 4. The third kappa shape index (κ3) is 1.89. The Labute approximate surface area is 101 Å². The highest BCUT2D eigenvalue weighted by molar-refractivity contribution is 6.02. The number of hydrogen-bond donors (Lipinski definition) is 2. The van der Waals surface area contributed by atoms with Crippen LogP contribution in [0.2, 0.25) is 0 Å². The summed E-state index contributed by atoms with van der Waals surface area (Å²) in [6.45, 7) is 2.05. The summed E-state index contributed by atoms with van der Waals surface area (Å²) in [5, 5.41) is 6.88. The van der Waals surface area contributed by atoms with Crippen molar-refractivity contribution in [1.82, 2.24) is 10.6 Å². The van der Waals surface area contributed by atoms with E-state index in [0.29, 0.717) is 12.1 Å². The maximum atomic E-state index is 5.37. The number of fused-ring (bicyclic) bond motifs is 1. The van der Waals surface area contributed by atoms with E-state index in [2.05, 4.69) is 16.7 Å². The highest BCUT2D eigenvalue weighted by Gasteiger charge is 2.31. The Balaban J connectivity index is 1.89. The first-order valence-corrected chi connectivity index (χ1v) is 6.07. The van der Waals surface area contributed by atoms with Gasteiger partial charge in [0, 0.05) is 6.54 Å². The van der Waals surface area contributed by atoms with Crippen LogP contribution < -0.4 is 15.4 Å². The predicted octanol–water partition coefficient (Wildman–Crippen LogP) is 0.775. The molecule has 3 rings (SSSR count). The molecule has 2 aliphatic heterocycles. The van der Waals surface area contributed by atoms with Gasteiger partial charge in [0.2, 0.25) is 0 Å². The first-order valence-electron chi connectivity index (χ1n) is 6.07. The molecule has 2 N–H and O–H groups in total. The van der Waals surface area contributed by atoms with Gasteiger partial charge >= 0.3 is 0 Å². The van der Waals surface area contributed by atoms with E-state index in [1.165, 1.54) is 0 Å². The number of rotatable bonds is 2. The molecular formula is C13H17N3O. The lowest BCUT2D eigenvalue weighted by Gasteiger charge is -2.24. The van der Waals surface area contributed by atoms with Crippen molar-refractivity contribution in [2.24, 2.45) is 4.99 Å². The minimum absolute atomic E-state index is 0.413. The van der Waals surface area contributed by atoms with Gasteiger partial charge in [0.1, 0.15) is 11.6 Å². The van der Waals surface area contributed by atoms with E-state index in [1.807, 2.05) is 18.2 Å². The molecule has 1 saturated heterocycles. The van der Waals surface area contributed by atoms with Gasteiger partial charge in [0.15, 0.2) is 0 Å². The van der Waals surface area contributed by atoms with Crippen molar-refractivity contribution in [3.63, 3.8) is 0 Å². The smallest absolute Gasteiger partial charge is 0.132 e. The van der Waals surface area contributed by atoms with Crippen LogP contribution >= 0.6 is 0 Å². The minimum atomic E-state index is 0.413. The van der Waals surface area contributed by atoms with Crippen molar-refractivity contribution in [3.8, 4) is 5.75 Å². The van der Waals surface area contributed by atoms with Crippen molar-refractivity contribution >= 4 is 5.84 Å². The Morgan fingerprint density at radius 1 is 1.35 bits per heavy atom. The van der Waals surface area contributed by atoms with Crippen molar-refractivity contribution < 1.29 is 4.74 Å². The van der Waals surface area contributed by atoms with Gasteiger partial charge in [0.05, 0.1) is 24.8 Å². The Hall–Kier alpha value is -1.55. The normalized spacial score (nSPS) is 27.0. The number of para-hydroxylation sites is 1. The first-order chi connectivity index (χ1) is 8.38. The number of aliphatic imine (C=N–C) groups is 1. The fourth-order valence-electron chi connectivity index (χ4n) is 2.51. The quantitative estimate of drug-likeness (QED) is 0.790. The van der Waals surface area contributed by atoms with Gasteiger partial charge in [-0.25, -0.2) is 0 Å². The third-order valence-electron chi connectivity index (χ3n) is 3.42. The zero-order valence-corrected chi connectivity index (χ0v) is 9.94. The van der Waals surface area contributed by atoms with E-state index < -0.39 is 0 Å². The molecule has 4 heteroatoms. The Morgan fingerprint density at radius 2 is 2.24 bits per heavy atom. The first kappa shape index (κ1) is 10.6. The second kappa shape index (κ2) is 4.37. The number of benzene rings is 1. The molecule has 0 radical (unpaired) electrons. The van der Waals surface area contributed by atoms with Crippen molar-refractivity contribution in [2.75, 3.05) is 20.2 Å². The molecule has 90 valence electrons. The fourth-order valence-corrected chi connectivity index (χ4v) is 2.51. The largest absolute Gasteiger partial charge is 0.496 e. The monoisotopic (exact) mass is 231 g/mol. The Morgan fingerprint density at radius 3 is 3.06 bits per heavy atom. The van der Waals surface area contributed by atoms with Gasteiger partial charge < -0.3 is 15.4 Å². The summed E-state index contributed by atoms with van der Waals surface area (Å²) in [7, 11) is 1.70. The molecule has 0 aliphatic carbocycles. The molecule has 1 fully saturated rings. The average Bonchev–Trinajstić information content (AvgIpc) is 2.82. The predicted molar refractivity (Wildman–Crippen MR) is 67.7 cm³/mol. The molecule has 0 saturated carbocycles. The molecule has 1 aromatic rings. The van der Waals surface area contributed by atoms with Crippen LogP contribution in [0.4, 0.5) is 0 Å². The Bertz CT molecular complexity index is 444. The maximum absolute atomic E-state index is 5.37. The lowest BCUT2D eigenvalue weighted by atomic mass is 10.0. The van der Waals surface area contributed by atoms with E-state index in [4.69, 9.17) is 9.73 Å². The summed E-state index contributed by atoms with van der Waals surface area (Å²) >= 11 is 0. The van der Waals surface area contributed by atoms with Crippen molar-refractivity contribution in [3.05, 3.63) is 29.8 Å². The van der Waals surface area contributed by atoms with E-state index in [1.54, 1.807) is 7.11 Å². The molecular weight excluding hydrogens is 214 g/mol. The third-order valence-corrected chi connectivity index (χ3v) is 3.42. The molecule has 2 unspecified atom stereocenters. The Kier molecular flexibility index (Phi) is 2.73. The topological polar surface area (TPSA) is 45.6 Å². The zero-order valence-electron chi connectivity index (χ0n) is 9.94. The average molecular weight is 231 g/mol. The molecule has 0 bridgehead atoms. The van der Waals surface area contributed by atoms with E-state index in [0.717, 1.165) is 36.7 Å². The molecule has 2 heterocycles. The molecule has 4 nitrogen and oxygen atoms in total.